The summed E-state index contributed by atoms with van der Waals surface area (Å²) in [7, 11) is 0. The van der Waals surface area contributed by atoms with Gasteiger partial charge in [-0.2, -0.15) is 0 Å². The number of unbranched alkanes of at least 4 members (excludes halogenated alkanes) is 1. The first-order valence-electron chi connectivity index (χ1n) is 8.92. The molecule has 1 aliphatic heterocycles. The van der Waals surface area contributed by atoms with Crippen molar-refractivity contribution in [3.8, 4) is 0 Å². The highest BCUT2D eigenvalue weighted by atomic mass is 16.2. The largest absolute Gasteiger partial charge is 0.355 e. The summed E-state index contributed by atoms with van der Waals surface area (Å²) in [4.78, 5) is 23.6. The van der Waals surface area contributed by atoms with Crippen molar-refractivity contribution >= 4 is 16.9 Å². The van der Waals surface area contributed by atoms with Crippen molar-refractivity contribution in [3.05, 3.63) is 36.2 Å². The fraction of sp³-hybridized carbons (Fsp3) is 0.526. The van der Waals surface area contributed by atoms with Crippen molar-refractivity contribution in [1.29, 1.82) is 0 Å². The van der Waals surface area contributed by atoms with E-state index in [1.54, 1.807) is 6.20 Å². The molecule has 1 fully saturated rings. The summed E-state index contributed by atoms with van der Waals surface area (Å²) >= 11 is 0. The van der Waals surface area contributed by atoms with Crippen LogP contribution in [-0.2, 0) is 4.79 Å². The highest BCUT2D eigenvalue weighted by molar-refractivity contribution is 5.81. The van der Waals surface area contributed by atoms with Crippen molar-refractivity contribution in [1.82, 2.24) is 20.2 Å². The maximum absolute atomic E-state index is 12.2. The minimum Gasteiger partial charge on any atom is -0.355 e. The molecule has 5 nitrogen and oxygen atoms in total. The third-order valence-corrected chi connectivity index (χ3v) is 4.88. The van der Waals surface area contributed by atoms with Gasteiger partial charge in [0.2, 0.25) is 5.91 Å². The van der Waals surface area contributed by atoms with Crippen LogP contribution in [0.1, 0.15) is 44.7 Å². The van der Waals surface area contributed by atoms with Crippen LogP contribution in [0.5, 0.6) is 0 Å². The molecule has 3 rings (SSSR count). The lowest BCUT2D eigenvalue weighted by Gasteiger charge is -2.23. The predicted molar refractivity (Wildman–Crippen MR) is 95.8 cm³/mol. The molecular formula is C19H26N4O. The molecule has 2 aromatic heterocycles. The number of carbonyl (C=O) groups is 1. The smallest absolute Gasteiger partial charge is 0.237 e. The minimum absolute atomic E-state index is 0.0783. The van der Waals surface area contributed by atoms with Crippen molar-refractivity contribution in [2.45, 2.75) is 45.1 Å². The SMILES string of the molecule is CCCCNC(=O)C(C)N1CCC(c2ccc3cccnc3n2)C1. The van der Waals surface area contributed by atoms with Crippen LogP contribution >= 0.6 is 0 Å². The van der Waals surface area contributed by atoms with Gasteiger partial charge in [0, 0.05) is 36.3 Å². The van der Waals surface area contributed by atoms with Gasteiger partial charge < -0.3 is 5.32 Å². The zero-order valence-electron chi connectivity index (χ0n) is 14.5. The summed E-state index contributed by atoms with van der Waals surface area (Å²) in [5.41, 5.74) is 1.89. The van der Waals surface area contributed by atoms with E-state index in [0.717, 1.165) is 55.6 Å². The molecule has 0 saturated carbocycles. The minimum atomic E-state index is -0.0783. The summed E-state index contributed by atoms with van der Waals surface area (Å²) < 4.78 is 0. The van der Waals surface area contributed by atoms with E-state index in [1.165, 1.54) is 0 Å². The lowest BCUT2D eigenvalue weighted by molar-refractivity contribution is -0.125. The molecule has 1 amide bonds. The van der Waals surface area contributed by atoms with Crippen molar-refractivity contribution in [2.24, 2.45) is 0 Å². The standard InChI is InChI=1S/C19H26N4O/c1-3-4-10-21-19(24)14(2)23-12-9-16(13-23)17-8-7-15-6-5-11-20-18(15)22-17/h5-8,11,14,16H,3-4,9-10,12-13H2,1-2H3,(H,21,24). The lowest BCUT2D eigenvalue weighted by Crippen LogP contribution is -2.44. The molecule has 0 aliphatic carbocycles. The first-order valence-corrected chi connectivity index (χ1v) is 8.92. The highest BCUT2D eigenvalue weighted by Crippen LogP contribution is 2.28. The Kier molecular flexibility index (Phi) is 5.41. The van der Waals surface area contributed by atoms with E-state index in [-0.39, 0.29) is 11.9 Å². The van der Waals surface area contributed by atoms with Gasteiger partial charge in [-0.05, 0) is 50.6 Å². The zero-order valence-corrected chi connectivity index (χ0v) is 14.5. The molecule has 0 bridgehead atoms. The molecule has 1 N–H and O–H groups in total. The van der Waals surface area contributed by atoms with Gasteiger partial charge in [0.05, 0.1) is 6.04 Å². The Hall–Kier alpha value is -2.01. The monoisotopic (exact) mass is 326 g/mol. The predicted octanol–water partition coefficient (Wildman–Crippen LogP) is 2.72. The number of aromatic nitrogens is 2. The van der Waals surface area contributed by atoms with E-state index in [2.05, 4.69) is 34.3 Å². The van der Waals surface area contributed by atoms with Crippen molar-refractivity contribution in [2.75, 3.05) is 19.6 Å². The van der Waals surface area contributed by atoms with Crippen LogP contribution in [0, 0.1) is 0 Å². The number of amides is 1. The number of nitrogens with one attached hydrogen (secondary N) is 1. The number of hydrogen-bond acceptors (Lipinski definition) is 4. The number of fused-ring (bicyclic) bond motifs is 1. The van der Waals surface area contributed by atoms with Crippen LogP contribution in [0.25, 0.3) is 11.0 Å². The van der Waals surface area contributed by atoms with E-state index in [1.807, 2.05) is 19.1 Å². The second-order valence-electron chi connectivity index (χ2n) is 6.59. The van der Waals surface area contributed by atoms with Crippen LogP contribution in [0.4, 0.5) is 0 Å². The number of rotatable bonds is 6. The molecular weight excluding hydrogens is 300 g/mol. The summed E-state index contributed by atoms with van der Waals surface area (Å²) in [5, 5.41) is 4.10. The molecule has 0 radical (unpaired) electrons. The number of pyridine rings is 2. The summed E-state index contributed by atoms with van der Waals surface area (Å²) in [6.07, 6.45) is 4.96. The van der Waals surface area contributed by atoms with Gasteiger partial charge in [-0.1, -0.05) is 13.3 Å². The maximum Gasteiger partial charge on any atom is 0.237 e. The van der Waals surface area contributed by atoms with Crippen LogP contribution in [0.3, 0.4) is 0 Å². The Morgan fingerprint density at radius 1 is 1.42 bits per heavy atom. The van der Waals surface area contributed by atoms with Crippen LogP contribution in [0.2, 0.25) is 0 Å². The van der Waals surface area contributed by atoms with Gasteiger partial charge in [0.1, 0.15) is 0 Å². The molecule has 1 aliphatic rings. The van der Waals surface area contributed by atoms with E-state index in [0.29, 0.717) is 5.92 Å². The highest BCUT2D eigenvalue weighted by Gasteiger charge is 2.30. The van der Waals surface area contributed by atoms with E-state index < -0.39 is 0 Å². The molecule has 2 aromatic rings. The topological polar surface area (TPSA) is 58.1 Å². The Balaban J connectivity index is 1.62. The van der Waals surface area contributed by atoms with Gasteiger partial charge in [0.15, 0.2) is 5.65 Å². The van der Waals surface area contributed by atoms with Gasteiger partial charge in [-0.3, -0.25) is 9.69 Å². The molecule has 2 unspecified atom stereocenters. The van der Waals surface area contributed by atoms with E-state index >= 15 is 0 Å². The second-order valence-corrected chi connectivity index (χ2v) is 6.59. The average molecular weight is 326 g/mol. The fourth-order valence-corrected chi connectivity index (χ4v) is 3.28. The lowest BCUT2D eigenvalue weighted by atomic mass is 10.0. The summed E-state index contributed by atoms with van der Waals surface area (Å²) in [6, 6.07) is 8.08. The summed E-state index contributed by atoms with van der Waals surface area (Å²) in [5.74, 6) is 0.513. The molecule has 0 aromatic carbocycles. The zero-order chi connectivity index (χ0) is 16.9. The molecule has 5 heteroatoms. The third-order valence-electron chi connectivity index (χ3n) is 4.88. The van der Waals surface area contributed by atoms with Crippen LogP contribution < -0.4 is 5.32 Å². The Morgan fingerprint density at radius 2 is 2.29 bits per heavy atom. The van der Waals surface area contributed by atoms with Gasteiger partial charge in [0.25, 0.3) is 0 Å². The van der Waals surface area contributed by atoms with Crippen molar-refractivity contribution in [3.63, 3.8) is 0 Å². The number of nitrogens with zero attached hydrogens (tertiary/aromatic N) is 3. The van der Waals surface area contributed by atoms with E-state index in [4.69, 9.17) is 4.98 Å². The second kappa shape index (κ2) is 7.71. The van der Waals surface area contributed by atoms with Crippen LogP contribution in [-0.4, -0.2) is 46.5 Å². The molecule has 2 atom stereocenters. The average Bonchev–Trinajstić information content (AvgIpc) is 3.11. The molecule has 1 saturated heterocycles. The first kappa shape index (κ1) is 16.8. The number of carbonyl (C=O) groups excluding carboxylic acids is 1. The Labute approximate surface area is 143 Å². The third kappa shape index (κ3) is 3.73. The molecule has 3 heterocycles. The van der Waals surface area contributed by atoms with Gasteiger partial charge in [-0.25, -0.2) is 9.97 Å². The maximum atomic E-state index is 12.2. The molecule has 24 heavy (non-hydrogen) atoms. The molecule has 128 valence electrons. The quantitative estimate of drug-likeness (QED) is 0.829. The Bertz CT molecular complexity index is 703. The van der Waals surface area contributed by atoms with Gasteiger partial charge >= 0.3 is 0 Å². The normalized spacial score (nSPS) is 19.5. The van der Waals surface area contributed by atoms with Crippen LogP contribution in [0.15, 0.2) is 30.5 Å². The number of likely N-dealkylation sites (tertiary alicyclic amines) is 1. The first-order chi connectivity index (χ1) is 11.7. The molecule has 0 spiro atoms. The van der Waals surface area contributed by atoms with Gasteiger partial charge in [-0.15, -0.1) is 0 Å². The van der Waals surface area contributed by atoms with Crippen molar-refractivity contribution < 1.29 is 4.79 Å². The van der Waals surface area contributed by atoms with E-state index in [9.17, 15) is 4.79 Å². The summed E-state index contributed by atoms with van der Waals surface area (Å²) in [6.45, 7) is 6.72. The Morgan fingerprint density at radius 3 is 3.12 bits per heavy atom. The fourth-order valence-electron chi connectivity index (χ4n) is 3.28. The number of hydrogen-bond donors (Lipinski definition) is 1.